The summed E-state index contributed by atoms with van der Waals surface area (Å²) in [6.07, 6.45) is 1.13. The molecule has 0 spiro atoms. The lowest BCUT2D eigenvalue weighted by Crippen LogP contribution is -2.44. The summed E-state index contributed by atoms with van der Waals surface area (Å²) in [4.78, 5) is 57.2. The fourth-order valence-electron chi connectivity index (χ4n) is 5.68. The van der Waals surface area contributed by atoms with E-state index in [1.54, 1.807) is 22.0 Å². The minimum absolute atomic E-state index is 0.00361. The number of aryl methyl sites for hydroxylation is 1. The van der Waals surface area contributed by atoms with Crippen molar-refractivity contribution in [3.05, 3.63) is 27.8 Å². The number of likely N-dealkylation sites (tertiary alicyclic amines) is 1. The Labute approximate surface area is 237 Å². The molecule has 1 saturated heterocycles. The number of carbonyl (C=O) groups excluding carboxylic acids is 4. The smallest absolute Gasteiger partial charge is 0.341 e. The van der Waals surface area contributed by atoms with Gasteiger partial charge < -0.3 is 10.2 Å². The molecule has 40 heavy (non-hydrogen) atoms. The number of carbonyl (C=O) groups is 4. The quantitative estimate of drug-likeness (QED) is 0.479. The van der Waals surface area contributed by atoms with E-state index in [9.17, 15) is 32.3 Å². The number of alkyl halides is 3. The zero-order valence-corrected chi connectivity index (χ0v) is 23.8. The van der Waals surface area contributed by atoms with Gasteiger partial charge in [0.15, 0.2) is 23.2 Å². The van der Waals surface area contributed by atoms with Crippen LogP contribution in [0.15, 0.2) is 11.4 Å². The van der Waals surface area contributed by atoms with Crippen LogP contribution in [0.3, 0.4) is 0 Å². The van der Waals surface area contributed by atoms with Crippen LogP contribution in [0.2, 0.25) is 0 Å². The number of nitrogens with one attached hydrogen (secondary N) is 1. The van der Waals surface area contributed by atoms with Crippen molar-refractivity contribution in [3.63, 3.8) is 0 Å². The molecule has 1 N–H and O–H groups in total. The number of aromatic nitrogens is 3. The van der Waals surface area contributed by atoms with Crippen molar-refractivity contribution < 1.29 is 32.3 Å². The summed E-state index contributed by atoms with van der Waals surface area (Å²) in [6.45, 7) is 2.05. The molecule has 2 aliphatic carbocycles. The summed E-state index contributed by atoms with van der Waals surface area (Å²) in [5.41, 5.74) is -0.761. The summed E-state index contributed by atoms with van der Waals surface area (Å²) < 4.78 is 39.8. The second kappa shape index (κ2) is 10.9. The number of anilines is 1. The molecule has 2 aromatic rings. The van der Waals surface area contributed by atoms with Gasteiger partial charge in [-0.1, -0.05) is 0 Å². The summed E-state index contributed by atoms with van der Waals surface area (Å²) in [5, 5.41) is 8.63. The predicted molar refractivity (Wildman–Crippen MR) is 143 cm³/mol. The number of hydrogen-bond donors (Lipinski definition) is 1. The minimum atomic E-state index is -4.57. The Bertz CT molecular complexity index is 1310. The van der Waals surface area contributed by atoms with Crippen LogP contribution in [-0.4, -0.2) is 67.1 Å². The van der Waals surface area contributed by atoms with Gasteiger partial charge in [-0.15, -0.1) is 11.3 Å². The van der Waals surface area contributed by atoms with E-state index in [-0.39, 0.29) is 59.1 Å². The third kappa shape index (κ3) is 5.83. The lowest BCUT2D eigenvalue weighted by Gasteiger charge is -2.31. The van der Waals surface area contributed by atoms with Crippen LogP contribution in [0.4, 0.5) is 19.0 Å². The van der Waals surface area contributed by atoms with Gasteiger partial charge in [0, 0.05) is 47.7 Å². The number of hydrogen-bond acceptors (Lipinski definition) is 8. The van der Waals surface area contributed by atoms with E-state index in [1.807, 2.05) is 6.26 Å². The van der Waals surface area contributed by atoms with Gasteiger partial charge in [-0.2, -0.15) is 30.0 Å². The highest BCUT2D eigenvalue weighted by molar-refractivity contribution is 8.00. The highest BCUT2D eigenvalue weighted by atomic mass is 32.2. The van der Waals surface area contributed by atoms with Gasteiger partial charge in [0.1, 0.15) is 12.4 Å². The van der Waals surface area contributed by atoms with Gasteiger partial charge in [-0.3, -0.25) is 23.9 Å². The van der Waals surface area contributed by atoms with Gasteiger partial charge in [0.2, 0.25) is 11.8 Å². The molecule has 0 aromatic carbocycles. The normalized spacial score (nSPS) is 23.4. The van der Waals surface area contributed by atoms with Crippen LogP contribution >= 0.6 is 23.1 Å². The summed E-state index contributed by atoms with van der Waals surface area (Å²) in [7, 11) is 0. The van der Waals surface area contributed by atoms with Gasteiger partial charge in [0.05, 0.1) is 5.01 Å². The molecule has 2 aromatic heterocycles. The van der Waals surface area contributed by atoms with Crippen molar-refractivity contribution in [2.75, 3.05) is 24.7 Å². The fourth-order valence-corrected chi connectivity index (χ4v) is 7.62. The van der Waals surface area contributed by atoms with E-state index in [0.29, 0.717) is 31.7 Å². The number of piperidine rings is 1. The minimum Gasteiger partial charge on any atom is -0.341 e. The van der Waals surface area contributed by atoms with Crippen LogP contribution in [0, 0.1) is 18.8 Å². The van der Waals surface area contributed by atoms with Gasteiger partial charge >= 0.3 is 6.18 Å². The summed E-state index contributed by atoms with van der Waals surface area (Å²) in [6, 6.07) is 0.921. The maximum absolute atomic E-state index is 12.9. The van der Waals surface area contributed by atoms with Crippen LogP contribution in [0.25, 0.3) is 0 Å². The van der Waals surface area contributed by atoms with Crippen molar-refractivity contribution in [2.24, 2.45) is 11.8 Å². The molecule has 5 rings (SSSR count). The fraction of sp³-hybridized carbons (Fsp3) is 0.615. The lowest BCUT2D eigenvalue weighted by molar-refractivity contribution is -0.143. The predicted octanol–water partition coefficient (Wildman–Crippen LogP) is 4.07. The molecule has 3 aliphatic rings. The second-order valence-electron chi connectivity index (χ2n) is 10.8. The molecule has 0 radical (unpaired) electrons. The molecule has 3 heterocycles. The van der Waals surface area contributed by atoms with Crippen molar-refractivity contribution in [3.8, 4) is 0 Å². The molecule has 14 heteroatoms. The molecule has 0 atom stereocenters. The Kier molecular flexibility index (Phi) is 7.85. The maximum atomic E-state index is 12.9. The number of halogens is 3. The van der Waals surface area contributed by atoms with E-state index in [2.05, 4.69) is 15.4 Å². The van der Waals surface area contributed by atoms with E-state index in [4.69, 9.17) is 0 Å². The molecule has 0 unspecified atom stereocenters. The van der Waals surface area contributed by atoms with E-state index in [1.165, 1.54) is 18.3 Å². The van der Waals surface area contributed by atoms with Crippen molar-refractivity contribution >= 4 is 52.3 Å². The molecule has 9 nitrogen and oxygen atoms in total. The molecule has 2 amide bonds. The SMILES string of the molecule is CSC1(C2CC(=O)C(C(=O)Nc3csc(C4CCN(C(=O)Cn5nc(C(F)(F)F)cc5C)CC4)n3)C(=O)C2)CC1. The number of nitrogens with zero attached hydrogens (tertiary/aromatic N) is 4. The molecule has 2 saturated carbocycles. The van der Waals surface area contributed by atoms with E-state index in [0.717, 1.165) is 28.6 Å². The summed E-state index contributed by atoms with van der Waals surface area (Å²) in [5.74, 6) is -2.55. The molecular formula is C26H30F3N5O4S2. The van der Waals surface area contributed by atoms with Crippen LogP contribution < -0.4 is 5.32 Å². The van der Waals surface area contributed by atoms with Crippen LogP contribution in [0.1, 0.15) is 60.8 Å². The monoisotopic (exact) mass is 597 g/mol. The Balaban J connectivity index is 1.12. The largest absolute Gasteiger partial charge is 0.435 e. The third-order valence-electron chi connectivity index (χ3n) is 8.22. The highest BCUT2D eigenvalue weighted by Gasteiger charge is 2.54. The zero-order chi connectivity index (χ0) is 28.8. The van der Waals surface area contributed by atoms with E-state index >= 15 is 0 Å². The topological polar surface area (TPSA) is 114 Å². The van der Waals surface area contributed by atoms with Gasteiger partial charge in [0.25, 0.3) is 0 Å². The lowest BCUT2D eigenvalue weighted by atomic mass is 9.77. The highest BCUT2D eigenvalue weighted by Crippen LogP contribution is 2.56. The Morgan fingerprint density at radius 2 is 1.82 bits per heavy atom. The number of thioether (sulfide) groups is 1. The van der Waals surface area contributed by atoms with Crippen molar-refractivity contribution in [1.82, 2.24) is 19.7 Å². The number of Topliss-reactive ketones (excluding diaryl/α,β-unsaturated/α-hetero) is 2. The Morgan fingerprint density at radius 3 is 2.38 bits per heavy atom. The van der Waals surface area contributed by atoms with Gasteiger partial charge in [-0.25, -0.2) is 4.98 Å². The van der Waals surface area contributed by atoms with Crippen molar-refractivity contribution in [1.29, 1.82) is 0 Å². The maximum Gasteiger partial charge on any atom is 0.435 e. The first-order valence-corrected chi connectivity index (χ1v) is 15.3. The molecule has 1 aliphatic heterocycles. The van der Waals surface area contributed by atoms with Crippen LogP contribution in [0.5, 0.6) is 0 Å². The first-order valence-electron chi connectivity index (χ1n) is 13.2. The Hall–Kier alpha value is -2.74. The number of thiazole rings is 1. The molecule has 216 valence electrons. The number of ketones is 2. The summed E-state index contributed by atoms with van der Waals surface area (Å²) >= 11 is 3.06. The average molecular weight is 598 g/mol. The number of amides is 2. The van der Waals surface area contributed by atoms with Crippen molar-refractivity contribution in [2.45, 2.75) is 68.8 Å². The standard InChI is InChI=1S/C26H30F3N5O4S2/c1-14-9-19(26(27,28)29)32-34(14)12-21(37)33-7-3-15(4-8-33)24-31-20(13-40-24)30-23(38)22-17(35)10-16(11-18(22)36)25(39-2)5-6-25/h9,13,15-16,22H,3-8,10-12H2,1-2H3,(H,30,38). The molecule has 3 fully saturated rings. The van der Waals surface area contributed by atoms with Gasteiger partial charge in [-0.05, 0) is 50.8 Å². The Morgan fingerprint density at radius 1 is 1.18 bits per heavy atom. The second-order valence-corrected chi connectivity index (χ2v) is 12.9. The van der Waals surface area contributed by atoms with Crippen LogP contribution in [-0.2, 0) is 31.9 Å². The third-order valence-corrected chi connectivity index (χ3v) is 10.8. The van der Waals surface area contributed by atoms with E-state index < -0.39 is 23.7 Å². The molecular weight excluding hydrogens is 567 g/mol. The average Bonchev–Trinajstić information content (AvgIpc) is 3.42. The molecule has 0 bridgehead atoms. The first-order chi connectivity index (χ1) is 18.9. The number of rotatable bonds is 7. The first kappa shape index (κ1) is 28.8. The zero-order valence-electron chi connectivity index (χ0n) is 22.1.